The fourth-order valence-electron chi connectivity index (χ4n) is 2.92. The van der Waals surface area contributed by atoms with Crippen molar-refractivity contribution < 1.29 is 4.79 Å². The van der Waals surface area contributed by atoms with E-state index in [0.717, 1.165) is 50.6 Å². The van der Waals surface area contributed by atoms with Crippen LogP contribution in [0.15, 0.2) is 24.3 Å². The second-order valence-electron chi connectivity index (χ2n) is 5.74. The second kappa shape index (κ2) is 7.81. The summed E-state index contributed by atoms with van der Waals surface area (Å²) >= 11 is 6.02. The van der Waals surface area contributed by atoms with E-state index in [2.05, 4.69) is 24.8 Å². The lowest BCUT2D eigenvalue weighted by molar-refractivity contribution is -0.137. The minimum absolute atomic E-state index is 0.199. The molecule has 0 radical (unpaired) electrons. The maximum atomic E-state index is 12.4. The standard InChI is InChI=1S/C17H25ClN2O/c1-3-15(4-2)17(21)20-10-8-19(9-11-20)13-14-6-5-7-16(18)12-14/h5-7,12,15H,3-4,8-11,13H2,1-2H3. The molecule has 0 saturated carbocycles. The molecule has 1 saturated heterocycles. The molecule has 0 spiro atoms. The van der Waals surface area contributed by atoms with Gasteiger partial charge in [-0.2, -0.15) is 0 Å². The number of amides is 1. The molecule has 1 fully saturated rings. The third kappa shape index (κ3) is 4.45. The summed E-state index contributed by atoms with van der Waals surface area (Å²) in [6.45, 7) is 8.68. The van der Waals surface area contributed by atoms with E-state index in [4.69, 9.17) is 11.6 Å². The Labute approximate surface area is 132 Å². The minimum Gasteiger partial charge on any atom is -0.340 e. The molecule has 0 aliphatic carbocycles. The topological polar surface area (TPSA) is 23.6 Å². The van der Waals surface area contributed by atoms with Crippen LogP contribution in [0.1, 0.15) is 32.3 Å². The lowest BCUT2D eigenvalue weighted by Crippen LogP contribution is -2.49. The molecule has 4 heteroatoms. The summed E-state index contributed by atoms with van der Waals surface area (Å²) < 4.78 is 0. The van der Waals surface area contributed by atoms with Crippen molar-refractivity contribution >= 4 is 17.5 Å². The van der Waals surface area contributed by atoms with Crippen molar-refractivity contribution in [3.05, 3.63) is 34.9 Å². The first kappa shape index (κ1) is 16.3. The SMILES string of the molecule is CCC(CC)C(=O)N1CCN(Cc2cccc(Cl)c2)CC1. The molecule has 0 aromatic heterocycles. The van der Waals surface area contributed by atoms with E-state index in [9.17, 15) is 4.79 Å². The molecule has 2 rings (SSSR count). The Kier molecular flexibility index (Phi) is 6.07. The summed E-state index contributed by atoms with van der Waals surface area (Å²) in [6, 6.07) is 8.01. The van der Waals surface area contributed by atoms with Crippen LogP contribution in [-0.4, -0.2) is 41.9 Å². The Morgan fingerprint density at radius 1 is 1.19 bits per heavy atom. The van der Waals surface area contributed by atoms with Crippen molar-refractivity contribution in [2.75, 3.05) is 26.2 Å². The molecule has 3 nitrogen and oxygen atoms in total. The van der Waals surface area contributed by atoms with Crippen molar-refractivity contribution in [1.29, 1.82) is 0 Å². The van der Waals surface area contributed by atoms with E-state index in [0.29, 0.717) is 5.91 Å². The first-order valence-electron chi connectivity index (χ1n) is 7.89. The van der Waals surface area contributed by atoms with Gasteiger partial charge in [0.1, 0.15) is 0 Å². The molecule has 0 N–H and O–H groups in total. The Bertz CT molecular complexity index is 466. The van der Waals surface area contributed by atoms with Gasteiger partial charge in [0, 0.05) is 43.7 Å². The van der Waals surface area contributed by atoms with Gasteiger partial charge in [-0.15, -0.1) is 0 Å². The number of benzene rings is 1. The van der Waals surface area contributed by atoms with Crippen LogP contribution in [0.5, 0.6) is 0 Å². The molecule has 1 heterocycles. The predicted molar refractivity (Wildman–Crippen MR) is 87.4 cm³/mol. The van der Waals surface area contributed by atoms with Gasteiger partial charge in [-0.05, 0) is 30.5 Å². The zero-order chi connectivity index (χ0) is 15.2. The van der Waals surface area contributed by atoms with Gasteiger partial charge in [-0.3, -0.25) is 9.69 Å². The zero-order valence-electron chi connectivity index (χ0n) is 13.0. The maximum Gasteiger partial charge on any atom is 0.225 e. The van der Waals surface area contributed by atoms with Gasteiger partial charge < -0.3 is 4.90 Å². The number of carbonyl (C=O) groups is 1. The number of hydrogen-bond donors (Lipinski definition) is 0. The van der Waals surface area contributed by atoms with Crippen molar-refractivity contribution in [2.24, 2.45) is 5.92 Å². The largest absolute Gasteiger partial charge is 0.340 e. The highest BCUT2D eigenvalue weighted by Crippen LogP contribution is 2.16. The van der Waals surface area contributed by atoms with Gasteiger partial charge in [-0.1, -0.05) is 37.6 Å². The third-order valence-electron chi connectivity index (χ3n) is 4.31. The number of nitrogens with zero attached hydrogens (tertiary/aromatic N) is 2. The van der Waals surface area contributed by atoms with Crippen LogP contribution >= 0.6 is 11.6 Å². The average molecular weight is 309 g/mol. The highest BCUT2D eigenvalue weighted by molar-refractivity contribution is 6.30. The van der Waals surface area contributed by atoms with Gasteiger partial charge in [0.25, 0.3) is 0 Å². The normalized spacial score (nSPS) is 16.5. The van der Waals surface area contributed by atoms with E-state index in [-0.39, 0.29) is 5.92 Å². The molecule has 0 bridgehead atoms. The fraction of sp³-hybridized carbons (Fsp3) is 0.588. The van der Waals surface area contributed by atoms with Gasteiger partial charge in [0.2, 0.25) is 5.91 Å². The van der Waals surface area contributed by atoms with E-state index >= 15 is 0 Å². The number of halogens is 1. The number of piperazine rings is 1. The number of rotatable bonds is 5. The maximum absolute atomic E-state index is 12.4. The molecule has 1 aliphatic rings. The Morgan fingerprint density at radius 2 is 1.86 bits per heavy atom. The zero-order valence-corrected chi connectivity index (χ0v) is 13.8. The fourth-order valence-corrected chi connectivity index (χ4v) is 3.13. The van der Waals surface area contributed by atoms with Crippen LogP contribution < -0.4 is 0 Å². The molecule has 1 amide bonds. The Morgan fingerprint density at radius 3 is 2.43 bits per heavy atom. The summed E-state index contributed by atoms with van der Waals surface area (Å²) in [5, 5.41) is 0.787. The summed E-state index contributed by atoms with van der Waals surface area (Å²) in [4.78, 5) is 16.8. The lowest BCUT2D eigenvalue weighted by Gasteiger charge is -2.36. The molecular formula is C17H25ClN2O. The smallest absolute Gasteiger partial charge is 0.225 e. The van der Waals surface area contributed by atoms with Crippen LogP contribution in [0.4, 0.5) is 0 Å². The quantitative estimate of drug-likeness (QED) is 0.832. The van der Waals surface area contributed by atoms with Gasteiger partial charge in [0.15, 0.2) is 0 Å². The average Bonchev–Trinajstić information content (AvgIpc) is 2.49. The third-order valence-corrected chi connectivity index (χ3v) is 4.55. The number of carbonyl (C=O) groups excluding carboxylic acids is 1. The van der Waals surface area contributed by atoms with E-state index in [1.54, 1.807) is 0 Å². The monoisotopic (exact) mass is 308 g/mol. The first-order valence-corrected chi connectivity index (χ1v) is 8.27. The highest BCUT2D eigenvalue weighted by atomic mass is 35.5. The van der Waals surface area contributed by atoms with Gasteiger partial charge in [0.05, 0.1) is 0 Å². The number of hydrogen-bond acceptors (Lipinski definition) is 2. The summed E-state index contributed by atoms with van der Waals surface area (Å²) in [5.41, 5.74) is 1.24. The highest BCUT2D eigenvalue weighted by Gasteiger charge is 2.25. The molecule has 21 heavy (non-hydrogen) atoms. The van der Waals surface area contributed by atoms with Gasteiger partial charge >= 0.3 is 0 Å². The molecule has 1 aliphatic heterocycles. The van der Waals surface area contributed by atoms with Crippen LogP contribution in [0.2, 0.25) is 5.02 Å². The second-order valence-corrected chi connectivity index (χ2v) is 6.18. The van der Waals surface area contributed by atoms with Gasteiger partial charge in [-0.25, -0.2) is 0 Å². The van der Waals surface area contributed by atoms with E-state index < -0.39 is 0 Å². The Hall–Kier alpha value is -1.06. The molecule has 0 unspecified atom stereocenters. The molecule has 1 aromatic carbocycles. The van der Waals surface area contributed by atoms with E-state index in [1.165, 1.54) is 5.56 Å². The first-order chi connectivity index (χ1) is 10.1. The molecular weight excluding hydrogens is 284 g/mol. The van der Waals surface area contributed by atoms with Crippen LogP contribution in [0, 0.1) is 5.92 Å². The van der Waals surface area contributed by atoms with Crippen molar-refractivity contribution in [3.8, 4) is 0 Å². The van der Waals surface area contributed by atoms with Crippen LogP contribution in [0.25, 0.3) is 0 Å². The summed E-state index contributed by atoms with van der Waals surface area (Å²) in [6.07, 6.45) is 1.89. The molecule has 1 aromatic rings. The summed E-state index contributed by atoms with van der Waals surface area (Å²) in [5.74, 6) is 0.534. The van der Waals surface area contributed by atoms with Crippen molar-refractivity contribution in [3.63, 3.8) is 0 Å². The minimum atomic E-state index is 0.199. The molecule has 0 atom stereocenters. The molecule has 116 valence electrons. The van der Waals surface area contributed by atoms with Crippen molar-refractivity contribution in [2.45, 2.75) is 33.2 Å². The lowest BCUT2D eigenvalue weighted by atomic mass is 10.0. The van der Waals surface area contributed by atoms with Crippen LogP contribution in [-0.2, 0) is 11.3 Å². The summed E-state index contributed by atoms with van der Waals surface area (Å²) in [7, 11) is 0. The predicted octanol–water partition coefficient (Wildman–Crippen LogP) is 3.42. The Balaban J connectivity index is 1.84. The van der Waals surface area contributed by atoms with E-state index in [1.807, 2.05) is 23.1 Å². The van der Waals surface area contributed by atoms with Crippen molar-refractivity contribution in [1.82, 2.24) is 9.80 Å². The van der Waals surface area contributed by atoms with Crippen LogP contribution in [0.3, 0.4) is 0 Å².